The maximum atomic E-state index is 13.5. The minimum Gasteiger partial charge on any atom is -0.466 e. The molecule has 2 fully saturated rings. The van der Waals surface area contributed by atoms with Gasteiger partial charge in [-0.2, -0.15) is 0 Å². The van der Waals surface area contributed by atoms with Crippen LogP contribution in [0.2, 0.25) is 0 Å². The van der Waals surface area contributed by atoms with Crippen molar-refractivity contribution in [1.29, 1.82) is 0 Å². The molecule has 0 aromatic carbocycles. The van der Waals surface area contributed by atoms with E-state index in [1.165, 1.54) is 59.0 Å². The van der Waals surface area contributed by atoms with Crippen LogP contribution in [0.1, 0.15) is 203 Å². The van der Waals surface area contributed by atoms with Gasteiger partial charge < -0.3 is 53.2 Å². The number of carbonyl (C=O) groups is 5. The summed E-state index contributed by atoms with van der Waals surface area (Å²) in [6.07, 6.45) is 12.0. The molecule has 3 aliphatic rings. The maximum absolute atomic E-state index is 13.5. The normalized spacial score (nSPS) is 28.4. The van der Waals surface area contributed by atoms with Gasteiger partial charge in [-0.3, -0.25) is 19.2 Å². The molecule has 0 radical (unpaired) electrons. The summed E-state index contributed by atoms with van der Waals surface area (Å²) in [6, 6.07) is 0. The zero-order chi connectivity index (χ0) is 51.7. The number of aliphatic hydroxyl groups is 3. The van der Waals surface area contributed by atoms with Gasteiger partial charge in [-0.15, -0.1) is 0 Å². The summed E-state index contributed by atoms with van der Waals surface area (Å²) in [5.41, 5.74) is -2.17. The summed E-state index contributed by atoms with van der Waals surface area (Å²) in [7, 11) is 1.19. The van der Waals surface area contributed by atoms with Crippen molar-refractivity contribution in [2.24, 2.45) is 10.8 Å². The number of aliphatic hydroxyl groups excluding tert-OH is 2. The molecule has 0 amide bonds. The third-order valence-corrected chi connectivity index (χ3v) is 13.7. The van der Waals surface area contributed by atoms with Gasteiger partial charge >= 0.3 is 29.8 Å². The van der Waals surface area contributed by atoms with Gasteiger partial charge in [0.05, 0.1) is 57.6 Å². The van der Waals surface area contributed by atoms with Crippen LogP contribution in [-0.2, 0) is 61.9 Å². The summed E-state index contributed by atoms with van der Waals surface area (Å²) < 4.78 is 47.4. The van der Waals surface area contributed by atoms with E-state index in [1.807, 2.05) is 13.8 Å². The second-order valence-corrected chi connectivity index (χ2v) is 21.0. The molecule has 3 rings (SSSR count). The summed E-state index contributed by atoms with van der Waals surface area (Å²) >= 11 is 0. The zero-order valence-electron chi connectivity index (χ0n) is 43.9. The fourth-order valence-corrected chi connectivity index (χ4v) is 9.10. The Kier molecular flexibility index (Phi) is 27.2. The van der Waals surface area contributed by atoms with Gasteiger partial charge in [0.15, 0.2) is 12.4 Å². The van der Waals surface area contributed by atoms with Crippen molar-refractivity contribution in [2.45, 2.75) is 257 Å². The van der Waals surface area contributed by atoms with Gasteiger partial charge in [-0.1, -0.05) is 138 Å². The molecule has 70 heavy (non-hydrogen) atoms. The number of fused-ring (bicyclic) bond motifs is 4. The van der Waals surface area contributed by atoms with E-state index in [9.17, 15) is 39.3 Å². The number of hydrogen-bond donors (Lipinski definition) is 3. The van der Waals surface area contributed by atoms with Crippen molar-refractivity contribution in [3.63, 3.8) is 0 Å². The molecule has 0 saturated carbocycles. The van der Waals surface area contributed by atoms with Crippen molar-refractivity contribution in [1.82, 2.24) is 0 Å². The van der Waals surface area contributed by atoms with E-state index in [-0.39, 0.29) is 56.9 Å². The first-order chi connectivity index (χ1) is 33.2. The first kappa shape index (κ1) is 60.9. The fourth-order valence-electron chi connectivity index (χ4n) is 9.10. The maximum Gasteiger partial charge on any atom is 0.330 e. The second-order valence-electron chi connectivity index (χ2n) is 21.0. The first-order valence-electron chi connectivity index (χ1n) is 26.5. The Balaban J connectivity index is 1.89. The molecule has 0 aromatic rings. The molecule has 2 saturated heterocycles. The van der Waals surface area contributed by atoms with Crippen molar-refractivity contribution in [3.8, 4) is 0 Å². The van der Waals surface area contributed by atoms with E-state index in [0.717, 1.165) is 51.0 Å². The van der Waals surface area contributed by atoms with Gasteiger partial charge in [0.2, 0.25) is 5.79 Å². The molecule has 402 valence electrons. The Morgan fingerprint density at radius 1 is 0.814 bits per heavy atom. The van der Waals surface area contributed by atoms with Crippen LogP contribution in [0.4, 0.5) is 0 Å². The largest absolute Gasteiger partial charge is 0.466 e. The molecule has 4 bridgehead atoms. The van der Waals surface area contributed by atoms with Gasteiger partial charge in [-0.05, 0) is 44.3 Å². The van der Waals surface area contributed by atoms with Crippen LogP contribution in [-0.4, -0.2) is 120 Å². The summed E-state index contributed by atoms with van der Waals surface area (Å²) in [5.74, 6) is -5.79. The van der Waals surface area contributed by atoms with Crippen molar-refractivity contribution < 1.29 is 77.2 Å². The average molecular weight is 995 g/mol. The molecule has 0 aromatic heterocycles. The lowest BCUT2D eigenvalue weighted by Gasteiger charge is -2.51. The number of cyclic esters (lactones) is 2. The Morgan fingerprint density at radius 2 is 1.37 bits per heavy atom. The van der Waals surface area contributed by atoms with Crippen molar-refractivity contribution >= 4 is 29.8 Å². The van der Waals surface area contributed by atoms with E-state index in [0.29, 0.717) is 19.3 Å². The second kappa shape index (κ2) is 31.2. The molecule has 3 aliphatic heterocycles. The highest BCUT2D eigenvalue weighted by Gasteiger charge is 2.58. The predicted molar refractivity (Wildman–Crippen MR) is 262 cm³/mol. The van der Waals surface area contributed by atoms with E-state index in [4.69, 9.17) is 37.9 Å². The molecule has 0 aliphatic carbocycles. The SMILES string of the molecule is CCCCCCCCCCCCCC(=O)OCC(C)(C)[C@@H]1C[C@@H]2CCO[C@H](/C=C/C(C)(C)[C@]3(O)O[C@@H](C/C(=C\C(=O)OC)[C@@H]3OC(=O)CCCCCCC)C[C@H]([C@@H](C)O)OC(=O)C[C@H](O)CC(=O)O1)O2. The fraction of sp³-hybridized carbons (Fsp3) is 0.833. The van der Waals surface area contributed by atoms with Crippen LogP contribution in [0.5, 0.6) is 0 Å². The van der Waals surface area contributed by atoms with E-state index >= 15 is 0 Å². The van der Waals surface area contributed by atoms with Gasteiger partial charge in [0.25, 0.3) is 0 Å². The van der Waals surface area contributed by atoms with Crippen LogP contribution >= 0.6 is 0 Å². The molecule has 3 heterocycles. The summed E-state index contributed by atoms with van der Waals surface area (Å²) in [5, 5.41) is 34.7. The standard InChI is InChI=1S/C54H90O16/c1-9-11-13-15-16-17-18-19-20-22-23-25-45(57)65-37-52(4,5)44-36-41-28-30-64-50(66-41)27-29-53(6,7)54(62)51(69-46(58)26-24-21-14-12-10-2)39(32-47(59)63-8)31-42(70-54)35-43(38(3)55)67-48(60)33-40(56)34-49(61)68-44/h27,29,32,38,40-44,50-51,55-56,62H,9-26,28,30-31,33-37H2,1-8H3/b29-27+,39-32+/t38-,40+,41+,42+,43-,44+,50+,51+,54-/m1/s1. The van der Waals surface area contributed by atoms with E-state index in [2.05, 4.69) is 13.8 Å². The third kappa shape index (κ3) is 21.4. The molecule has 16 nitrogen and oxygen atoms in total. The number of hydrogen-bond acceptors (Lipinski definition) is 16. The Labute approximate surface area is 418 Å². The Morgan fingerprint density at radius 3 is 1.94 bits per heavy atom. The number of rotatable bonds is 24. The van der Waals surface area contributed by atoms with Crippen LogP contribution in [0.25, 0.3) is 0 Å². The van der Waals surface area contributed by atoms with Crippen molar-refractivity contribution in [2.75, 3.05) is 20.3 Å². The van der Waals surface area contributed by atoms with Crippen LogP contribution in [0.15, 0.2) is 23.8 Å². The molecule has 0 spiro atoms. The lowest BCUT2D eigenvalue weighted by atomic mass is 9.74. The molecular formula is C54H90O16. The number of unbranched alkanes of at least 4 members (excludes halogenated alkanes) is 14. The zero-order valence-corrected chi connectivity index (χ0v) is 43.9. The monoisotopic (exact) mass is 995 g/mol. The van der Waals surface area contributed by atoms with Crippen LogP contribution < -0.4 is 0 Å². The predicted octanol–water partition coefficient (Wildman–Crippen LogP) is 8.96. The van der Waals surface area contributed by atoms with E-state index in [1.54, 1.807) is 26.0 Å². The minimum absolute atomic E-state index is 0.0608. The van der Waals surface area contributed by atoms with Crippen LogP contribution in [0.3, 0.4) is 0 Å². The molecule has 9 atom stereocenters. The third-order valence-electron chi connectivity index (χ3n) is 13.7. The first-order valence-corrected chi connectivity index (χ1v) is 26.5. The summed E-state index contributed by atoms with van der Waals surface area (Å²) in [6.45, 7) is 12.9. The average Bonchev–Trinajstić information content (AvgIpc) is 3.29. The van der Waals surface area contributed by atoms with Crippen LogP contribution in [0, 0.1) is 10.8 Å². The van der Waals surface area contributed by atoms with Gasteiger partial charge in [0.1, 0.15) is 12.2 Å². The highest BCUT2D eigenvalue weighted by atomic mass is 16.7. The molecular weight excluding hydrogens is 905 g/mol. The molecule has 0 unspecified atom stereocenters. The smallest absolute Gasteiger partial charge is 0.330 e. The lowest BCUT2D eigenvalue weighted by molar-refractivity contribution is -0.327. The Hall–Kier alpha value is -3.41. The number of carbonyl (C=O) groups excluding carboxylic acids is 5. The highest BCUT2D eigenvalue weighted by Crippen LogP contribution is 2.47. The quantitative estimate of drug-likeness (QED) is 0.0270. The highest BCUT2D eigenvalue weighted by molar-refractivity contribution is 5.83. The van der Waals surface area contributed by atoms with Gasteiger partial charge in [0, 0.05) is 42.6 Å². The van der Waals surface area contributed by atoms with E-state index < -0.39 is 102 Å². The minimum atomic E-state index is -2.36. The topological polar surface area (TPSA) is 220 Å². The Bertz CT molecular complexity index is 1660. The number of esters is 5. The molecule has 16 heteroatoms. The van der Waals surface area contributed by atoms with Crippen molar-refractivity contribution in [3.05, 3.63) is 23.8 Å². The lowest BCUT2D eigenvalue weighted by Crippen LogP contribution is -2.62. The number of methoxy groups -OCH3 is 1. The summed E-state index contributed by atoms with van der Waals surface area (Å²) in [4.78, 5) is 66.2. The number of ether oxygens (including phenoxy) is 8. The van der Waals surface area contributed by atoms with Gasteiger partial charge in [-0.25, -0.2) is 4.79 Å². The molecule has 3 N–H and O–H groups in total.